The minimum absolute atomic E-state index is 0.862. The molecule has 0 saturated carbocycles. The summed E-state index contributed by atoms with van der Waals surface area (Å²) >= 11 is 0. The second-order valence-electron chi connectivity index (χ2n) is 15.1. The molecule has 0 fully saturated rings. The third-order valence-corrected chi connectivity index (χ3v) is 11.8. The summed E-state index contributed by atoms with van der Waals surface area (Å²) in [5.41, 5.74) is 15.4. The molecule has 0 unspecified atom stereocenters. The lowest BCUT2D eigenvalue weighted by molar-refractivity contribution is 0.669. The first kappa shape index (κ1) is 32.5. The number of pyridine rings is 1. The molecule has 9 aromatic carbocycles. The van der Waals surface area contributed by atoms with Gasteiger partial charge in [0.05, 0.1) is 22.2 Å². The summed E-state index contributed by atoms with van der Waals surface area (Å²) in [5.74, 6) is 0. The molecule has 0 aliphatic rings. The van der Waals surface area contributed by atoms with Crippen LogP contribution in [0.5, 0.6) is 0 Å². The Morgan fingerprint density at radius 2 is 0.914 bits per heavy atom. The van der Waals surface area contributed by atoms with E-state index >= 15 is 0 Å². The van der Waals surface area contributed by atoms with E-state index in [1.54, 1.807) is 0 Å². The van der Waals surface area contributed by atoms with Crippen LogP contribution < -0.4 is 0 Å². The lowest BCUT2D eigenvalue weighted by Gasteiger charge is -2.16. The molecule has 3 heteroatoms. The number of furan rings is 1. The Kier molecular flexibility index (Phi) is 7.23. The molecule has 0 amide bonds. The third kappa shape index (κ3) is 5.04. The predicted molar refractivity (Wildman–Crippen MR) is 243 cm³/mol. The quantitative estimate of drug-likeness (QED) is 0.165. The molecule has 3 aromatic heterocycles. The summed E-state index contributed by atoms with van der Waals surface area (Å²) in [6.07, 6.45) is 0. The number of hydrogen-bond donors (Lipinski definition) is 0. The molecule has 270 valence electrons. The maximum atomic E-state index is 6.60. The van der Waals surface area contributed by atoms with Gasteiger partial charge in [0.2, 0.25) is 0 Å². The van der Waals surface area contributed by atoms with Gasteiger partial charge in [-0.1, -0.05) is 158 Å². The smallest absolute Gasteiger partial charge is 0.136 e. The Labute approximate surface area is 334 Å². The van der Waals surface area contributed by atoms with Crippen LogP contribution in [0.3, 0.4) is 0 Å². The Hall–Kier alpha value is -7.75. The minimum Gasteiger partial charge on any atom is -0.456 e. The average Bonchev–Trinajstić information content (AvgIpc) is 3.84. The van der Waals surface area contributed by atoms with Crippen molar-refractivity contribution in [1.82, 2.24) is 9.55 Å². The van der Waals surface area contributed by atoms with Crippen molar-refractivity contribution in [2.45, 2.75) is 0 Å². The van der Waals surface area contributed by atoms with Crippen LogP contribution in [-0.2, 0) is 0 Å². The normalized spacial score (nSPS) is 11.8. The van der Waals surface area contributed by atoms with Gasteiger partial charge in [0, 0.05) is 54.5 Å². The van der Waals surface area contributed by atoms with E-state index < -0.39 is 0 Å². The van der Waals surface area contributed by atoms with E-state index in [-0.39, 0.29) is 0 Å². The second-order valence-corrected chi connectivity index (χ2v) is 15.1. The van der Waals surface area contributed by atoms with Gasteiger partial charge in [-0.2, -0.15) is 0 Å². The molecule has 0 spiro atoms. The SMILES string of the molecule is c1ccc(-c2nc3ccccc3c3c(-c4ccc(-c5ccc(-c6ccc7c(c6)c6ccccc6n7-c6ccccc6)cc5)cc4)c4c(cc23)oc2ccccc24)cc1. The molecule has 12 rings (SSSR count). The number of aromatic nitrogens is 2. The molecule has 0 saturated heterocycles. The fourth-order valence-electron chi connectivity index (χ4n) is 9.11. The van der Waals surface area contributed by atoms with Gasteiger partial charge >= 0.3 is 0 Å². The van der Waals surface area contributed by atoms with E-state index in [1.165, 1.54) is 60.7 Å². The Bertz CT molecular complexity index is 3520. The largest absolute Gasteiger partial charge is 0.456 e. The molecule has 0 atom stereocenters. The highest BCUT2D eigenvalue weighted by Crippen LogP contribution is 2.46. The first-order chi connectivity index (χ1) is 28.8. The number of hydrogen-bond acceptors (Lipinski definition) is 2. The van der Waals surface area contributed by atoms with Gasteiger partial charge in [-0.25, -0.2) is 4.98 Å². The van der Waals surface area contributed by atoms with Gasteiger partial charge in [0.1, 0.15) is 11.2 Å². The molecule has 0 N–H and O–H groups in total. The first-order valence-corrected chi connectivity index (χ1v) is 19.8. The van der Waals surface area contributed by atoms with Crippen molar-refractivity contribution in [2.75, 3.05) is 0 Å². The molecule has 3 nitrogen and oxygen atoms in total. The molecular formula is C55H34N2O. The summed E-state index contributed by atoms with van der Waals surface area (Å²) in [6, 6.07) is 73.8. The number of para-hydroxylation sites is 4. The fraction of sp³-hybridized carbons (Fsp3) is 0. The van der Waals surface area contributed by atoms with Gasteiger partial charge in [0.25, 0.3) is 0 Å². The summed E-state index contributed by atoms with van der Waals surface area (Å²) < 4.78 is 8.97. The Morgan fingerprint density at radius 3 is 1.67 bits per heavy atom. The molecule has 58 heavy (non-hydrogen) atoms. The van der Waals surface area contributed by atoms with E-state index in [9.17, 15) is 0 Å². The number of fused-ring (bicyclic) bond motifs is 9. The van der Waals surface area contributed by atoms with E-state index in [2.05, 4.69) is 205 Å². The van der Waals surface area contributed by atoms with Crippen LogP contribution in [0.15, 0.2) is 211 Å². The van der Waals surface area contributed by atoms with Crippen LogP contribution in [0.4, 0.5) is 0 Å². The van der Waals surface area contributed by atoms with Gasteiger partial charge in [-0.15, -0.1) is 0 Å². The zero-order chi connectivity index (χ0) is 38.2. The van der Waals surface area contributed by atoms with E-state index in [4.69, 9.17) is 9.40 Å². The Balaban J connectivity index is 0.977. The lowest BCUT2D eigenvalue weighted by atomic mass is 9.89. The molecule has 0 bridgehead atoms. The van der Waals surface area contributed by atoms with Gasteiger partial charge in [0.15, 0.2) is 0 Å². The van der Waals surface area contributed by atoms with Crippen LogP contribution in [-0.4, -0.2) is 9.55 Å². The predicted octanol–water partition coefficient (Wildman–Crippen LogP) is 15.1. The minimum atomic E-state index is 0.862. The summed E-state index contributed by atoms with van der Waals surface area (Å²) in [5, 5.41) is 8.13. The zero-order valence-electron chi connectivity index (χ0n) is 31.4. The van der Waals surface area contributed by atoms with Crippen molar-refractivity contribution in [1.29, 1.82) is 0 Å². The molecule has 0 radical (unpaired) electrons. The maximum Gasteiger partial charge on any atom is 0.136 e. The van der Waals surface area contributed by atoms with Crippen molar-refractivity contribution in [3.8, 4) is 50.3 Å². The van der Waals surface area contributed by atoms with Gasteiger partial charge < -0.3 is 8.98 Å². The van der Waals surface area contributed by atoms with E-state index in [0.29, 0.717) is 0 Å². The molecule has 0 aliphatic carbocycles. The van der Waals surface area contributed by atoms with E-state index in [0.717, 1.165) is 55.0 Å². The Morgan fingerprint density at radius 1 is 0.345 bits per heavy atom. The van der Waals surface area contributed by atoms with Crippen LogP contribution in [0.1, 0.15) is 0 Å². The van der Waals surface area contributed by atoms with Crippen molar-refractivity contribution < 1.29 is 4.42 Å². The van der Waals surface area contributed by atoms with Crippen molar-refractivity contribution in [3.05, 3.63) is 206 Å². The standard InChI is InChI=1S/C55H34N2O/c1-3-13-39(14-4-1)55-46-34-51-54(44-19-9-12-22-50(44)58-51)52(53(46)43-18-7-10-20-47(43)56-55)38-29-27-36(28-30-38)35-23-25-37(26-24-35)40-31-32-49-45(33-40)42-17-8-11-21-48(42)57(49)41-15-5-2-6-16-41/h1-34H. The second kappa shape index (κ2) is 12.9. The molecule has 12 aromatic rings. The van der Waals surface area contributed by atoms with Gasteiger partial charge in [-0.3, -0.25) is 0 Å². The first-order valence-electron chi connectivity index (χ1n) is 19.8. The summed E-state index contributed by atoms with van der Waals surface area (Å²) in [4.78, 5) is 5.25. The molecule has 3 heterocycles. The molecular weight excluding hydrogens is 705 g/mol. The number of rotatable bonds is 5. The van der Waals surface area contributed by atoms with Crippen LogP contribution in [0.25, 0.3) is 116 Å². The highest BCUT2D eigenvalue weighted by atomic mass is 16.3. The average molecular weight is 739 g/mol. The summed E-state index contributed by atoms with van der Waals surface area (Å²) in [7, 11) is 0. The fourth-order valence-corrected chi connectivity index (χ4v) is 9.11. The highest BCUT2D eigenvalue weighted by molar-refractivity contribution is 6.27. The zero-order valence-corrected chi connectivity index (χ0v) is 31.4. The molecule has 0 aliphatic heterocycles. The van der Waals surface area contributed by atoms with Crippen molar-refractivity contribution >= 4 is 65.4 Å². The van der Waals surface area contributed by atoms with Crippen molar-refractivity contribution in [3.63, 3.8) is 0 Å². The number of benzene rings is 9. The van der Waals surface area contributed by atoms with Gasteiger partial charge in [-0.05, 0) is 76.3 Å². The number of nitrogens with zero attached hydrogens (tertiary/aromatic N) is 2. The summed E-state index contributed by atoms with van der Waals surface area (Å²) in [6.45, 7) is 0. The highest BCUT2D eigenvalue weighted by Gasteiger charge is 2.22. The van der Waals surface area contributed by atoms with E-state index in [1.807, 2.05) is 6.07 Å². The maximum absolute atomic E-state index is 6.60. The third-order valence-electron chi connectivity index (χ3n) is 11.8. The van der Waals surface area contributed by atoms with Crippen LogP contribution >= 0.6 is 0 Å². The lowest BCUT2D eigenvalue weighted by Crippen LogP contribution is -1.93. The van der Waals surface area contributed by atoms with Crippen molar-refractivity contribution in [2.24, 2.45) is 0 Å². The topological polar surface area (TPSA) is 31.0 Å². The van der Waals surface area contributed by atoms with Crippen LogP contribution in [0, 0.1) is 0 Å². The van der Waals surface area contributed by atoms with Crippen LogP contribution in [0.2, 0.25) is 0 Å². The monoisotopic (exact) mass is 738 g/mol.